The molecule has 1 atom stereocenters. The third-order valence-electron chi connectivity index (χ3n) is 2.01. The second kappa shape index (κ2) is 5.27. The molecule has 0 amide bonds. The monoisotopic (exact) mass is 237 g/mol. The smallest absolute Gasteiger partial charge is 0.309 e. The Balaban J connectivity index is 2.53. The molecule has 1 rings (SSSR count). The molecule has 2 N–H and O–H groups in total. The number of hydrogen-bond donors (Lipinski definition) is 1. The van der Waals surface area contributed by atoms with Crippen LogP contribution in [0.3, 0.4) is 0 Å². The Morgan fingerprint density at radius 3 is 2.38 bits per heavy atom. The predicted octanol–water partition coefficient (Wildman–Crippen LogP) is 1.93. The van der Waals surface area contributed by atoms with E-state index in [0.29, 0.717) is 6.42 Å². The van der Waals surface area contributed by atoms with Crippen LogP contribution in [0.5, 0.6) is 0 Å². The zero-order chi connectivity index (χ0) is 12.2. The Morgan fingerprint density at radius 1 is 1.31 bits per heavy atom. The summed E-state index contributed by atoms with van der Waals surface area (Å²) in [5.41, 5.74) is 6.86. The van der Waals surface area contributed by atoms with Gasteiger partial charge in [0.2, 0.25) is 8.32 Å². The number of carbonyl (C=O) groups excluding carboxylic acids is 1. The van der Waals surface area contributed by atoms with Crippen molar-refractivity contribution in [3.8, 4) is 0 Å². The maximum absolute atomic E-state index is 11.7. The Hall–Kier alpha value is -1.13. The van der Waals surface area contributed by atoms with Gasteiger partial charge in [0.1, 0.15) is 6.04 Å². The number of rotatable bonds is 4. The summed E-state index contributed by atoms with van der Waals surface area (Å²) >= 11 is 0. The van der Waals surface area contributed by atoms with E-state index in [-0.39, 0.29) is 5.97 Å². The summed E-state index contributed by atoms with van der Waals surface area (Å²) in [6.07, 6.45) is 0.532. The van der Waals surface area contributed by atoms with Gasteiger partial charge in [0.05, 0.1) is 0 Å². The Morgan fingerprint density at radius 2 is 1.88 bits per heavy atom. The molecule has 3 nitrogen and oxygen atoms in total. The lowest BCUT2D eigenvalue weighted by Gasteiger charge is -2.20. The highest BCUT2D eigenvalue weighted by Gasteiger charge is 2.24. The maximum atomic E-state index is 11.7. The topological polar surface area (TPSA) is 52.3 Å². The average Bonchev–Trinajstić information content (AvgIpc) is 2.16. The van der Waals surface area contributed by atoms with Crippen molar-refractivity contribution in [1.29, 1.82) is 0 Å². The van der Waals surface area contributed by atoms with Crippen molar-refractivity contribution in [3.63, 3.8) is 0 Å². The molecule has 0 spiro atoms. The van der Waals surface area contributed by atoms with Crippen molar-refractivity contribution in [2.75, 3.05) is 0 Å². The highest BCUT2D eigenvalue weighted by molar-refractivity contribution is 6.71. The molecule has 0 fully saturated rings. The van der Waals surface area contributed by atoms with Gasteiger partial charge in [0.25, 0.3) is 0 Å². The van der Waals surface area contributed by atoms with E-state index in [1.807, 2.05) is 50.0 Å². The van der Waals surface area contributed by atoms with Crippen LogP contribution < -0.4 is 5.73 Å². The highest BCUT2D eigenvalue weighted by atomic mass is 28.4. The first-order valence-electron chi connectivity index (χ1n) is 5.41. The number of benzene rings is 1. The Kier molecular flexibility index (Phi) is 4.26. The van der Waals surface area contributed by atoms with Gasteiger partial charge in [0.15, 0.2) is 0 Å². The molecule has 0 aliphatic carbocycles. The molecular weight excluding hydrogens is 218 g/mol. The van der Waals surface area contributed by atoms with E-state index < -0.39 is 14.4 Å². The van der Waals surface area contributed by atoms with Gasteiger partial charge in [0, 0.05) is 0 Å². The van der Waals surface area contributed by atoms with Gasteiger partial charge in [-0.1, -0.05) is 30.3 Å². The number of carbonyl (C=O) groups is 1. The van der Waals surface area contributed by atoms with Crippen molar-refractivity contribution in [2.24, 2.45) is 5.73 Å². The van der Waals surface area contributed by atoms with Crippen LogP contribution in [0.25, 0.3) is 0 Å². The predicted molar refractivity (Wildman–Crippen MR) is 67.6 cm³/mol. The van der Waals surface area contributed by atoms with Crippen molar-refractivity contribution in [2.45, 2.75) is 32.1 Å². The molecule has 1 aromatic carbocycles. The van der Waals surface area contributed by atoms with E-state index in [9.17, 15) is 4.79 Å². The molecule has 16 heavy (non-hydrogen) atoms. The molecule has 0 aliphatic heterocycles. The SMILES string of the molecule is C[Si](C)(C)OC(=O)[C@@H](N)Cc1ccccc1. The molecule has 0 aromatic heterocycles. The fraction of sp³-hybridized carbons (Fsp3) is 0.417. The molecule has 0 saturated heterocycles. The van der Waals surface area contributed by atoms with Gasteiger partial charge in [-0.05, 0) is 31.6 Å². The lowest BCUT2D eigenvalue weighted by Crippen LogP contribution is -2.40. The zero-order valence-electron chi connectivity index (χ0n) is 10.1. The average molecular weight is 237 g/mol. The maximum Gasteiger partial charge on any atom is 0.309 e. The van der Waals surface area contributed by atoms with E-state index >= 15 is 0 Å². The largest absolute Gasteiger partial charge is 0.519 e. The first-order valence-corrected chi connectivity index (χ1v) is 8.82. The zero-order valence-corrected chi connectivity index (χ0v) is 11.1. The standard InChI is InChI=1S/C12H19NO2Si/c1-16(2,3)15-12(14)11(13)9-10-7-5-4-6-8-10/h4-8,11H,9,13H2,1-3H3/t11-/m0/s1. The van der Waals surface area contributed by atoms with Gasteiger partial charge in [-0.3, -0.25) is 4.79 Å². The van der Waals surface area contributed by atoms with Crippen LogP contribution in [0.4, 0.5) is 0 Å². The summed E-state index contributed by atoms with van der Waals surface area (Å²) in [6, 6.07) is 9.17. The van der Waals surface area contributed by atoms with E-state index in [1.54, 1.807) is 0 Å². The van der Waals surface area contributed by atoms with E-state index in [0.717, 1.165) is 5.56 Å². The van der Waals surface area contributed by atoms with Crippen LogP contribution in [-0.4, -0.2) is 20.3 Å². The first-order chi connectivity index (χ1) is 7.38. The molecule has 0 saturated carbocycles. The van der Waals surface area contributed by atoms with Gasteiger partial charge < -0.3 is 10.2 Å². The lowest BCUT2D eigenvalue weighted by atomic mass is 10.1. The van der Waals surface area contributed by atoms with Gasteiger partial charge in [-0.2, -0.15) is 0 Å². The molecule has 0 heterocycles. The van der Waals surface area contributed by atoms with Crippen LogP contribution in [-0.2, 0) is 15.6 Å². The van der Waals surface area contributed by atoms with Gasteiger partial charge in [-0.15, -0.1) is 0 Å². The van der Waals surface area contributed by atoms with Crippen LogP contribution in [0.15, 0.2) is 30.3 Å². The molecule has 88 valence electrons. The number of hydrogen-bond acceptors (Lipinski definition) is 3. The van der Waals surface area contributed by atoms with E-state index in [4.69, 9.17) is 10.2 Å². The first kappa shape index (κ1) is 12.9. The van der Waals surface area contributed by atoms with Gasteiger partial charge >= 0.3 is 5.97 Å². The fourth-order valence-electron chi connectivity index (χ4n) is 1.33. The van der Waals surface area contributed by atoms with Crippen LogP contribution in [0, 0.1) is 0 Å². The van der Waals surface area contributed by atoms with Crippen LogP contribution >= 0.6 is 0 Å². The summed E-state index contributed by atoms with van der Waals surface area (Å²) in [5, 5.41) is 0. The third kappa shape index (κ3) is 4.59. The van der Waals surface area contributed by atoms with Crippen molar-refractivity contribution in [3.05, 3.63) is 35.9 Å². The minimum absolute atomic E-state index is 0.289. The Bertz CT molecular complexity index is 346. The Labute approximate surface area is 97.7 Å². The fourth-order valence-corrected chi connectivity index (χ4v) is 2.08. The van der Waals surface area contributed by atoms with Crippen molar-refractivity contribution >= 4 is 14.3 Å². The molecule has 0 unspecified atom stereocenters. The summed E-state index contributed by atoms with van der Waals surface area (Å²) < 4.78 is 5.35. The lowest BCUT2D eigenvalue weighted by molar-refractivity contribution is -0.136. The van der Waals surface area contributed by atoms with Crippen molar-refractivity contribution in [1.82, 2.24) is 0 Å². The summed E-state index contributed by atoms with van der Waals surface area (Å²) in [6.45, 7) is 5.92. The van der Waals surface area contributed by atoms with Crippen LogP contribution in [0.1, 0.15) is 5.56 Å². The normalized spacial score (nSPS) is 13.2. The van der Waals surface area contributed by atoms with E-state index in [1.165, 1.54) is 0 Å². The molecule has 0 radical (unpaired) electrons. The van der Waals surface area contributed by atoms with Crippen molar-refractivity contribution < 1.29 is 9.22 Å². The molecular formula is C12H19NO2Si. The molecule has 0 aliphatic rings. The number of nitrogens with two attached hydrogens (primary N) is 1. The summed E-state index contributed by atoms with van der Waals surface area (Å²) in [4.78, 5) is 11.7. The molecule has 1 aromatic rings. The van der Waals surface area contributed by atoms with E-state index in [2.05, 4.69) is 0 Å². The molecule has 4 heteroatoms. The highest BCUT2D eigenvalue weighted by Crippen LogP contribution is 2.07. The summed E-state index contributed by atoms with van der Waals surface area (Å²) in [7, 11) is -1.83. The second-order valence-corrected chi connectivity index (χ2v) is 9.26. The minimum Gasteiger partial charge on any atom is -0.519 e. The molecule has 0 bridgehead atoms. The van der Waals surface area contributed by atoms with Gasteiger partial charge in [-0.25, -0.2) is 0 Å². The quantitative estimate of drug-likeness (QED) is 0.814. The van der Waals surface area contributed by atoms with Crippen LogP contribution in [0.2, 0.25) is 19.6 Å². The second-order valence-electron chi connectivity index (χ2n) is 4.83. The third-order valence-corrected chi connectivity index (χ3v) is 2.82. The minimum atomic E-state index is -1.83. The summed E-state index contributed by atoms with van der Waals surface area (Å²) in [5.74, 6) is -0.289.